The normalized spacial score (nSPS) is 27.2. The van der Waals surface area contributed by atoms with Crippen molar-refractivity contribution in [1.82, 2.24) is 10.2 Å². The van der Waals surface area contributed by atoms with Crippen LogP contribution in [0, 0.1) is 5.41 Å². The number of ether oxygens (including phenoxy) is 1. The third kappa shape index (κ3) is 2.77. The Balaban J connectivity index is 1.55. The highest BCUT2D eigenvalue weighted by atomic mass is 16.5. The van der Waals surface area contributed by atoms with E-state index in [1.165, 1.54) is 44.6 Å². The molecule has 0 saturated carbocycles. The molecule has 19 heavy (non-hydrogen) atoms. The molecule has 1 aromatic rings. The van der Waals surface area contributed by atoms with Gasteiger partial charge in [-0.3, -0.25) is 0 Å². The summed E-state index contributed by atoms with van der Waals surface area (Å²) in [7, 11) is 1.76. The molecule has 0 amide bonds. The van der Waals surface area contributed by atoms with Gasteiger partial charge in [0.1, 0.15) is 5.75 Å². The number of para-hydroxylation sites is 1. The summed E-state index contributed by atoms with van der Waals surface area (Å²) in [6.45, 7) is 6.12. The molecular formula is C16H24N2O. The van der Waals surface area contributed by atoms with E-state index in [9.17, 15) is 0 Å². The number of methoxy groups -OCH3 is 1. The van der Waals surface area contributed by atoms with Crippen LogP contribution in [0.1, 0.15) is 18.4 Å². The maximum absolute atomic E-state index is 5.43. The molecule has 1 N–H and O–H groups in total. The van der Waals surface area contributed by atoms with Crippen molar-refractivity contribution in [1.29, 1.82) is 0 Å². The molecular weight excluding hydrogens is 236 g/mol. The van der Waals surface area contributed by atoms with Gasteiger partial charge in [0.05, 0.1) is 7.11 Å². The fourth-order valence-corrected chi connectivity index (χ4v) is 3.55. The number of hydrogen-bond donors (Lipinski definition) is 1. The predicted octanol–water partition coefficient (Wildman–Crippen LogP) is 1.92. The number of likely N-dealkylation sites (tertiary alicyclic amines) is 1. The van der Waals surface area contributed by atoms with Gasteiger partial charge in [-0.05, 0) is 49.4 Å². The van der Waals surface area contributed by atoms with Gasteiger partial charge in [0, 0.05) is 19.6 Å². The van der Waals surface area contributed by atoms with Crippen LogP contribution in [0.3, 0.4) is 0 Å². The number of rotatable bonds is 4. The molecule has 1 spiro atoms. The van der Waals surface area contributed by atoms with Crippen molar-refractivity contribution in [3.8, 4) is 5.75 Å². The lowest BCUT2D eigenvalue weighted by atomic mass is 9.87. The quantitative estimate of drug-likeness (QED) is 0.895. The lowest BCUT2D eigenvalue weighted by Gasteiger charge is -2.23. The van der Waals surface area contributed by atoms with Crippen LogP contribution in [0.25, 0.3) is 0 Å². The Morgan fingerprint density at radius 1 is 1.32 bits per heavy atom. The Morgan fingerprint density at radius 3 is 3.00 bits per heavy atom. The number of benzene rings is 1. The van der Waals surface area contributed by atoms with Crippen molar-refractivity contribution >= 4 is 0 Å². The van der Waals surface area contributed by atoms with E-state index in [1.54, 1.807) is 7.11 Å². The van der Waals surface area contributed by atoms with E-state index in [0.717, 1.165) is 18.7 Å². The summed E-state index contributed by atoms with van der Waals surface area (Å²) in [5.74, 6) is 1.03. The highest BCUT2D eigenvalue weighted by Crippen LogP contribution is 2.36. The van der Waals surface area contributed by atoms with Crippen LogP contribution in [-0.4, -0.2) is 44.7 Å². The monoisotopic (exact) mass is 260 g/mol. The molecule has 2 fully saturated rings. The Kier molecular flexibility index (Phi) is 3.76. The fraction of sp³-hybridized carbons (Fsp3) is 0.625. The van der Waals surface area contributed by atoms with Crippen LogP contribution < -0.4 is 10.1 Å². The first-order valence-corrected chi connectivity index (χ1v) is 7.36. The second kappa shape index (κ2) is 5.51. The molecule has 2 aliphatic rings. The van der Waals surface area contributed by atoms with Crippen LogP contribution in [0.15, 0.2) is 24.3 Å². The van der Waals surface area contributed by atoms with E-state index in [1.807, 2.05) is 6.07 Å². The number of hydrogen-bond acceptors (Lipinski definition) is 3. The Labute approximate surface area is 115 Å². The summed E-state index contributed by atoms with van der Waals surface area (Å²) in [5.41, 5.74) is 1.91. The lowest BCUT2D eigenvalue weighted by Crippen LogP contribution is -2.30. The first kappa shape index (κ1) is 12.9. The zero-order valence-corrected chi connectivity index (χ0v) is 11.8. The minimum atomic E-state index is 0.584. The summed E-state index contributed by atoms with van der Waals surface area (Å²) in [6, 6.07) is 8.38. The summed E-state index contributed by atoms with van der Waals surface area (Å²) in [5, 5.41) is 3.52. The second-order valence-electron chi connectivity index (χ2n) is 6.01. The minimum absolute atomic E-state index is 0.584. The predicted molar refractivity (Wildman–Crippen MR) is 77.7 cm³/mol. The van der Waals surface area contributed by atoms with Gasteiger partial charge in [0.25, 0.3) is 0 Å². The molecule has 0 aromatic heterocycles. The SMILES string of the molecule is COc1ccccc1CCN1CCC2(CCNC2)C1. The van der Waals surface area contributed by atoms with Crippen molar-refractivity contribution in [3.63, 3.8) is 0 Å². The van der Waals surface area contributed by atoms with Gasteiger partial charge in [-0.2, -0.15) is 0 Å². The van der Waals surface area contributed by atoms with Gasteiger partial charge in [0.15, 0.2) is 0 Å². The fourth-order valence-electron chi connectivity index (χ4n) is 3.55. The first-order chi connectivity index (χ1) is 9.31. The standard InChI is InChI=1S/C16H24N2O/c1-19-15-5-3-2-4-14(15)6-10-18-11-8-16(13-18)7-9-17-12-16/h2-5,17H,6-13H2,1H3. The molecule has 3 rings (SSSR count). The third-order valence-corrected chi connectivity index (χ3v) is 4.74. The summed E-state index contributed by atoms with van der Waals surface area (Å²) in [6.07, 6.45) is 3.82. The molecule has 0 aliphatic carbocycles. The van der Waals surface area contributed by atoms with Gasteiger partial charge in [0.2, 0.25) is 0 Å². The topological polar surface area (TPSA) is 24.5 Å². The molecule has 0 radical (unpaired) electrons. The van der Waals surface area contributed by atoms with E-state index in [2.05, 4.69) is 28.4 Å². The molecule has 3 nitrogen and oxygen atoms in total. The van der Waals surface area contributed by atoms with Crippen LogP contribution in [0.4, 0.5) is 0 Å². The van der Waals surface area contributed by atoms with Crippen molar-refractivity contribution < 1.29 is 4.74 Å². The smallest absolute Gasteiger partial charge is 0.122 e. The third-order valence-electron chi connectivity index (χ3n) is 4.74. The Hall–Kier alpha value is -1.06. The number of nitrogens with zero attached hydrogens (tertiary/aromatic N) is 1. The zero-order chi connectivity index (χ0) is 13.1. The van der Waals surface area contributed by atoms with Gasteiger partial charge < -0.3 is 15.0 Å². The highest BCUT2D eigenvalue weighted by molar-refractivity contribution is 5.33. The van der Waals surface area contributed by atoms with Crippen LogP contribution in [0.5, 0.6) is 5.75 Å². The van der Waals surface area contributed by atoms with E-state index < -0.39 is 0 Å². The molecule has 2 heterocycles. The molecule has 0 bridgehead atoms. The molecule has 3 heteroatoms. The average molecular weight is 260 g/mol. The van der Waals surface area contributed by atoms with Crippen molar-refractivity contribution in [2.75, 3.05) is 39.8 Å². The van der Waals surface area contributed by atoms with Crippen molar-refractivity contribution in [3.05, 3.63) is 29.8 Å². The molecule has 1 aromatic carbocycles. The van der Waals surface area contributed by atoms with E-state index in [0.29, 0.717) is 5.41 Å². The molecule has 1 atom stereocenters. The highest BCUT2D eigenvalue weighted by Gasteiger charge is 2.39. The summed E-state index contributed by atoms with van der Waals surface area (Å²) >= 11 is 0. The van der Waals surface area contributed by atoms with Gasteiger partial charge >= 0.3 is 0 Å². The molecule has 2 aliphatic heterocycles. The Morgan fingerprint density at radius 2 is 2.21 bits per heavy atom. The summed E-state index contributed by atoms with van der Waals surface area (Å²) in [4.78, 5) is 2.62. The van der Waals surface area contributed by atoms with Gasteiger partial charge in [-0.1, -0.05) is 18.2 Å². The summed E-state index contributed by atoms with van der Waals surface area (Å²) < 4.78 is 5.43. The van der Waals surface area contributed by atoms with Crippen LogP contribution in [-0.2, 0) is 6.42 Å². The van der Waals surface area contributed by atoms with Gasteiger partial charge in [-0.15, -0.1) is 0 Å². The average Bonchev–Trinajstić information content (AvgIpc) is 3.07. The van der Waals surface area contributed by atoms with Crippen molar-refractivity contribution in [2.45, 2.75) is 19.3 Å². The zero-order valence-electron chi connectivity index (χ0n) is 11.8. The molecule has 104 valence electrons. The number of nitrogens with one attached hydrogen (secondary N) is 1. The van der Waals surface area contributed by atoms with E-state index in [-0.39, 0.29) is 0 Å². The second-order valence-corrected chi connectivity index (χ2v) is 6.01. The minimum Gasteiger partial charge on any atom is -0.496 e. The van der Waals surface area contributed by atoms with Crippen LogP contribution >= 0.6 is 0 Å². The Bertz CT molecular complexity index is 427. The maximum atomic E-state index is 5.43. The van der Waals surface area contributed by atoms with E-state index in [4.69, 9.17) is 4.74 Å². The largest absolute Gasteiger partial charge is 0.496 e. The lowest BCUT2D eigenvalue weighted by molar-refractivity contribution is 0.276. The maximum Gasteiger partial charge on any atom is 0.122 e. The van der Waals surface area contributed by atoms with E-state index >= 15 is 0 Å². The van der Waals surface area contributed by atoms with Gasteiger partial charge in [-0.25, -0.2) is 0 Å². The molecule has 1 unspecified atom stereocenters. The first-order valence-electron chi connectivity index (χ1n) is 7.36. The van der Waals surface area contributed by atoms with Crippen molar-refractivity contribution in [2.24, 2.45) is 5.41 Å². The van der Waals surface area contributed by atoms with Crippen LogP contribution in [0.2, 0.25) is 0 Å². The molecule has 2 saturated heterocycles.